The fraction of sp³-hybridized carbons (Fsp3) is 0.417. The van der Waals surface area contributed by atoms with Crippen molar-refractivity contribution in [3.05, 3.63) is 35.9 Å². The molecule has 1 aromatic rings. The zero-order valence-corrected chi connectivity index (χ0v) is 12.1. The minimum absolute atomic E-state index is 0.0455. The van der Waals surface area contributed by atoms with Gasteiger partial charge in [0.2, 0.25) is 0 Å². The molecule has 1 rings (SSSR count). The van der Waals surface area contributed by atoms with Gasteiger partial charge in [-0.25, -0.2) is 4.79 Å². The number of rotatable bonds is 5. The van der Waals surface area contributed by atoms with E-state index in [0.29, 0.717) is 0 Å². The Balaban J connectivity index is 2.57. The predicted octanol–water partition coefficient (Wildman–Crippen LogP) is 0.864. The van der Waals surface area contributed by atoms with Gasteiger partial charge < -0.3 is 15.8 Å². The van der Waals surface area contributed by atoms with Gasteiger partial charge in [-0.15, -0.1) is 0 Å². The highest BCUT2D eigenvalue weighted by molar-refractivity contribution is 7.86. The van der Waals surface area contributed by atoms with Crippen molar-refractivity contribution in [3.63, 3.8) is 0 Å². The highest BCUT2D eigenvalue weighted by atomic mass is 32.2. The van der Waals surface area contributed by atoms with Crippen molar-refractivity contribution in [2.75, 3.05) is 0 Å². The first-order chi connectivity index (χ1) is 9.13. The molecule has 0 saturated heterocycles. The van der Waals surface area contributed by atoms with E-state index in [2.05, 4.69) is 5.32 Å². The highest BCUT2D eigenvalue weighted by Gasteiger charge is 2.37. The second kappa shape index (κ2) is 6.21. The lowest BCUT2D eigenvalue weighted by atomic mass is 10.1. The molecule has 0 spiro atoms. The molecule has 1 atom stereocenters. The van der Waals surface area contributed by atoms with Gasteiger partial charge in [-0.3, -0.25) is 4.55 Å². The Kier molecular flexibility index (Phi) is 5.09. The van der Waals surface area contributed by atoms with E-state index in [0.717, 1.165) is 5.56 Å². The summed E-state index contributed by atoms with van der Waals surface area (Å²) in [7, 11) is -4.47. The van der Waals surface area contributed by atoms with E-state index < -0.39 is 27.1 Å². The first kappa shape index (κ1) is 16.4. The number of hydrogen-bond donors (Lipinski definition) is 3. The van der Waals surface area contributed by atoms with Crippen LogP contribution in [0.25, 0.3) is 0 Å². The average molecular weight is 302 g/mol. The average Bonchev–Trinajstić information content (AvgIpc) is 2.35. The zero-order valence-electron chi connectivity index (χ0n) is 11.2. The van der Waals surface area contributed by atoms with Crippen LogP contribution in [-0.4, -0.2) is 30.0 Å². The van der Waals surface area contributed by atoms with E-state index >= 15 is 0 Å². The number of carbonyl (C=O) groups is 1. The molecular formula is C12H18N2O5S. The van der Waals surface area contributed by atoms with Gasteiger partial charge in [-0.1, -0.05) is 30.3 Å². The standard InChI is InChI=1S/C12H18N2O5S/c1-12(2,10(13)20(16,17)18)14-11(15)19-8-9-6-4-3-5-7-9/h3-7,10H,8,13H2,1-2H3,(H,14,15)(H,16,17,18). The highest BCUT2D eigenvalue weighted by Crippen LogP contribution is 2.12. The maximum absolute atomic E-state index is 11.6. The summed E-state index contributed by atoms with van der Waals surface area (Å²) in [5.41, 5.74) is 4.79. The Morgan fingerprint density at radius 2 is 1.95 bits per heavy atom. The van der Waals surface area contributed by atoms with Crippen LogP contribution < -0.4 is 11.1 Å². The minimum atomic E-state index is -4.47. The SMILES string of the molecule is CC(C)(NC(=O)OCc1ccccc1)C(N)S(=O)(=O)O. The molecule has 0 radical (unpaired) electrons. The number of benzene rings is 1. The molecule has 0 heterocycles. The second-order valence-electron chi connectivity index (χ2n) is 4.84. The molecular weight excluding hydrogens is 284 g/mol. The molecule has 8 heteroatoms. The molecule has 1 amide bonds. The predicted molar refractivity (Wildman–Crippen MR) is 73.4 cm³/mol. The lowest BCUT2D eigenvalue weighted by Gasteiger charge is -2.29. The van der Waals surface area contributed by atoms with Gasteiger partial charge in [0.25, 0.3) is 10.1 Å². The molecule has 0 bridgehead atoms. The first-order valence-corrected chi connectivity index (χ1v) is 7.34. The van der Waals surface area contributed by atoms with Crippen molar-refractivity contribution >= 4 is 16.2 Å². The Bertz CT molecular complexity index is 556. The van der Waals surface area contributed by atoms with Crippen LogP contribution in [0.1, 0.15) is 19.4 Å². The Labute approximate surface area is 117 Å². The van der Waals surface area contributed by atoms with Crippen molar-refractivity contribution < 1.29 is 22.5 Å². The lowest BCUT2D eigenvalue weighted by molar-refractivity contribution is 0.129. The van der Waals surface area contributed by atoms with Crippen LogP contribution in [0, 0.1) is 0 Å². The summed E-state index contributed by atoms with van der Waals surface area (Å²) in [5.74, 6) is 0. The van der Waals surface area contributed by atoms with E-state index in [-0.39, 0.29) is 6.61 Å². The third-order valence-corrected chi connectivity index (χ3v) is 3.90. The molecule has 0 saturated carbocycles. The molecule has 0 aliphatic rings. The van der Waals surface area contributed by atoms with Crippen molar-refractivity contribution in [1.82, 2.24) is 5.32 Å². The van der Waals surface area contributed by atoms with Crippen molar-refractivity contribution in [2.45, 2.75) is 31.4 Å². The quantitative estimate of drug-likeness (QED) is 0.694. The fourth-order valence-corrected chi connectivity index (χ4v) is 2.27. The van der Waals surface area contributed by atoms with Gasteiger partial charge in [0.1, 0.15) is 6.61 Å². The minimum Gasteiger partial charge on any atom is -0.445 e. The number of nitrogens with two attached hydrogens (primary N) is 1. The number of alkyl carbamates (subject to hydrolysis) is 1. The summed E-state index contributed by atoms with van der Waals surface area (Å²) >= 11 is 0. The van der Waals surface area contributed by atoms with Crippen LogP contribution in [0.2, 0.25) is 0 Å². The molecule has 0 aromatic heterocycles. The Morgan fingerprint density at radius 1 is 1.40 bits per heavy atom. The summed E-state index contributed by atoms with van der Waals surface area (Å²) in [5, 5.41) is 0.654. The monoisotopic (exact) mass is 302 g/mol. The van der Waals surface area contributed by atoms with Crippen molar-refractivity contribution in [2.24, 2.45) is 5.73 Å². The molecule has 0 aliphatic heterocycles. The normalized spacial score (nSPS) is 13.6. The summed E-state index contributed by atoms with van der Waals surface area (Å²) in [6, 6.07) is 8.99. The number of ether oxygens (including phenoxy) is 1. The van der Waals surface area contributed by atoms with E-state index in [1.165, 1.54) is 13.8 Å². The third-order valence-electron chi connectivity index (χ3n) is 2.67. The summed E-state index contributed by atoms with van der Waals surface area (Å²) < 4.78 is 35.8. The van der Waals surface area contributed by atoms with Crippen molar-refractivity contribution in [1.29, 1.82) is 0 Å². The lowest BCUT2D eigenvalue weighted by Crippen LogP contribution is -2.59. The number of carbonyl (C=O) groups excluding carboxylic acids is 1. The molecule has 1 unspecified atom stereocenters. The van der Waals surface area contributed by atoms with Gasteiger partial charge in [-0.05, 0) is 19.4 Å². The Morgan fingerprint density at radius 3 is 2.45 bits per heavy atom. The van der Waals surface area contributed by atoms with E-state index in [1.54, 1.807) is 24.3 Å². The summed E-state index contributed by atoms with van der Waals surface area (Å²) in [4.78, 5) is 11.6. The molecule has 0 fully saturated rings. The smallest absolute Gasteiger partial charge is 0.407 e. The number of amides is 1. The molecule has 7 nitrogen and oxygen atoms in total. The number of hydrogen-bond acceptors (Lipinski definition) is 5. The molecule has 112 valence electrons. The van der Waals surface area contributed by atoms with Gasteiger partial charge in [-0.2, -0.15) is 8.42 Å². The largest absolute Gasteiger partial charge is 0.445 e. The number of nitrogens with one attached hydrogen (secondary N) is 1. The van der Waals surface area contributed by atoms with Crippen LogP contribution in [0.3, 0.4) is 0 Å². The summed E-state index contributed by atoms with van der Waals surface area (Å²) in [6.07, 6.45) is -0.821. The van der Waals surface area contributed by atoms with Crippen LogP contribution in [0.4, 0.5) is 4.79 Å². The second-order valence-corrected chi connectivity index (χ2v) is 6.38. The van der Waals surface area contributed by atoms with Gasteiger partial charge in [0.05, 0.1) is 5.54 Å². The maximum Gasteiger partial charge on any atom is 0.407 e. The molecule has 1 aromatic carbocycles. The van der Waals surface area contributed by atoms with Crippen LogP contribution in [-0.2, 0) is 21.5 Å². The Hall–Kier alpha value is -1.64. The third kappa shape index (κ3) is 4.80. The topological polar surface area (TPSA) is 119 Å². The first-order valence-electron chi connectivity index (χ1n) is 5.83. The molecule has 20 heavy (non-hydrogen) atoms. The summed E-state index contributed by atoms with van der Waals surface area (Å²) in [6.45, 7) is 2.79. The van der Waals surface area contributed by atoms with Crippen LogP contribution in [0.5, 0.6) is 0 Å². The van der Waals surface area contributed by atoms with Gasteiger partial charge in [0, 0.05) is 0 Å². The van der Waals surface area contributed by atoms with Gasteiger partial charge in [0.15, 0.2) is 5.37 Å². The van der Waals surface area contributed by atoms with E-state index in [9.17, 15) is 13.2 Å². The van der Waals surface area contributed by atoms with Crippen LogP contribution >= 0.6 is 0 Å². The van der Waals surface area contributed by atoms with Crippen molar-refractivity contribution in [3.8, 4) is 0 Å². The fourth-order valence-electron chi connectivity index (χ4n) is 1.47. The van der Waals surface area contributed by atoms with E-state index in [4.69, 9.17) is 15.0 Å². The molecule has 4 N–H and O–H groups in total. The van der Waals surface area contributed by atoms with E-state index in [1.807, 2.05) is 6.07 Å². The maximum atomic E-state index is 11.6. The van der Waals surface area contributed by atoms with Gasteiger partial charge >= 0.3 is 6.09 Å². The van der Waals surface area contributed by atoms with Crippen LogP contribution in [0.15, 0.2) is 30.3 Å². The molecule has 0 aliphatic carbocycles. The zero-order chi connectivity index (χ0) is 15.4.